The van der Waals surface area contributed by atoms with Crippen molar-refractivity contribution in [3.05, 3.63) is 23.9 Å². The van der Waals surface area contributed by atoms with Crippen molar-refractivity contribution >= 4 is 29.7 Å². The van der Waals surface area contributed by atoms with Gasteiger partial charge in [-0.1, -0.05) is 6.92 Å². The summed E-state index contributed by atoms with van der Waals surface area (Å²) in [6.07, 6.45) is 1.95. The molecule has 23 heavy (non-hydrogen) atoms. The van der Waals surface area contributed by atoms with Crippen LogP contribution < -0.4 is 10.6 Å². The Morgan fingerprint density at radius 1 is 1.39 bits per heavy atom. The van der Waals surface area contributed by atoms with Gasteiger partial charge in [0.05, 0.1) is 5.56 Å². The number of amides is 3. The lowest BCUT2D eigenvalue weighted by molar-refractivity contribution is -0.123. The van der Waals surface area contributed by atoms with E-state index >= 15 is 0 Å². The van der Waals surface area contributed by atoms with E-state index in [-0.39, 0.29) is 22.4 Å². The average molecular weight is 347 g/mol. The molecule has 0 aliphatic heterocycles. The Morgan fingerprint density at radius 2 is 2.13 bits per heavy atom. The maximum Gasteiger partial charge on any atom is 0.341 e. The molecule has 0 aromatic carbocycles. The number of halogens is 2. The Bertz CT molecular complexity index is 572. The molecule has 0 bridgehead atoms. The van der Waals surface area contributed by atoms with Gasteiger partial charge in [-0.05, 0) is 30.3 Å². The number of ether oxygens (including phenoxy) is 1. The number of imide groups is 1. The van der Waals surface area contributed by atoms with Gasteiger partial charge in [-0.25, -0.2) is 14.6 Å². The van der Waals surface area contributed by atoms with E-state index in [2.05, 4.69) is 15.0 Å². The van der Waals surface area contributed by atoms with Gasteiger partial charge in [-0.3, -0.25) is 10.1 Å². The second-order valence-electron chi connectivity index (χ2n) is 4.11. The van der Waals surface area contributed by atoms with Gasteiger partial charge in [-0.15, -0.1) is 0 Å². The van der Waals surface area contributed by atoms with Crippen LogP contribution in [0.25, 0.3) is 0 Å². The van der Waals surface area contributed by atoms with E-state index in [0.29, 0.717) is 13.0 Å². The second kappa shape index (κ2) is 9.72. The fraction of sp³-hybridized carbons (Fsp3) is 0.385. The number of esters is 1. The van der Waals surface area contributed by atoms with Crippen LogP contribution in [0.2, 0.25) is 0 Å². The molecular formula is C13H15F2N3O4S. The van der Waals surface area contributed by atoms with Gasteiger partial charge in [-0.2, -0.15) is 8.78 Å². The fourth-order valence-corrected chi connectivity index (χ4v) is 1.95. The number of carbonyl (C=O) groups excluding carboxylic acids is 3. The Morgan fingerprint density at radius 3 is 2.78 bits per heavy atom. The predicted molar refractivity (Wildman–Crippen MR) is 78.2 cm³/mol. The van der Waals surface area contributed by atoms with E-state index in [1.54, 1.807) is 0 Å². The van der Waals surface area contributed by atoms with E-state index < -0.39 is 30.3 Å². The minimum Gasteiger partial charge on any atom is -0.452 e. The second-order valence-corrected chi connectivity index (χ2v) is 5.09. The van der Waals surface area contributed by atoms with Crippen LogP contribution in [-0.2, 0) is 9.53 Å². The number of thioether (sulfide) groups is 1. The van der Waals surface area contributed by atoms with E-state index in [1.807, 2.05) is 12.2 Å². The molecule has 0 saturated carbocycles. The van der Waals surface area contributed by atoms with Crippen LogP contribution in [0.15, 0.2) is 23.4 Å². The summed E-state index contributed by atoms with van der Waals surface area (Å²) in [5, 5.41) is 4.17. The minimum absolute atomic E-state index is 0.0974. The van der Waals surface area contributed by atoms with E-state index in [4.69, 9.17) is 0 Å². The SMILES string of the molecule is CCCNC(=O)NC(=O)COC(=O)c1cccnc1SC(F)F. The molecular weight excluding hydrogens is 332 g/mol. The maximum absolute atomic E-state index is 12.4. The number of nitrogens with zero attached hydrogens (tertiary/aromatic N) is 1. The third-order valence-corrected chi connectivity index (χ3v) is 3.04. The number of hydrogen-bond donors (Lipinski definition) is 2. The Kier molecular flexibility index (Phi) is 7.95. The summed E-state index contributed by atoms with van der Waals surface area (Å²) in [6.45, 7) is 1.52. The Labute approximate surface area is 135 Å². The van der Waals surface area contributed by atoms with Crippen LogP contribution in [0.1, 0.15) is 23.7 Å². The topological polar surface area (TPSA) is 97.4 Å². The zero-order chi connectivity index (χ0) is 17.2. The number of aromatic nitrogens is 1. The molecule has 0 spiro atoms. The van der Waals surface area contributed by atoms with Crippen molar-refractivity contribution < 1.29 is 27.9 Å². The molecule has 0 saturated heterocycles. The molecule has 126 valence electrons. The number of urea groups is 1. The highest BCUT2D eigenvalue weighted by molar-refractivity contribution is 7.99. The molecule has 0 aliphatic carbocycles. The highest BCUT2D eigenvalue weighted by Crippen LogP contribution is 2.26. The van der Waals surface area contributed by atoms with Crippen LogP contribution in [0.4, 0.5) is 13.6 Å². The quantitative estimate of drug-likeness (QED) is 0.576. The number of nitrogens with one attached hydrogen (secondary N) is 2. The van der Waals surface area contributed by atoms with Crippen molar-refractivity contribution in [3.8, 4) is 0 Å². The van der Waals surface area contributed by atoms with E-state index in [9.17, 15) is 23.2 Å². The normalized spacial score (nSPS) is 10.3. The van der Waals surface area contributed by atoms with Gasteiger partial charge in [0, 0.05) is 12.7 Å². The van der Waals surface area contributed by atoms with Crippen LogP contribution in [0.5, 0.6) is 0 Å². The molecule has 0 atom stereocenters. The van der Waals surface area contributed by atoms with Gasteiger partial charge >= 0.3 is 12.0 Å². The lowest BCUT2D eigenvalue weighted by atomic mass is 10.3. The lowest BCUT2D eigenvalue weighted by Crippen LogP contribution is -2.41. The maximum atomic E-state index is 12.4. The molecule has 0 unspecified atom stereocenters. The summed E-state index contributed by atoms with van der Waals surface area (Å²) in [4.78, 5) is 38.1. The number of hydrogen-bond acceptors (Lipinski definition) is 6. The fourth-order valence-electron chi connectivity index (χ4n) is 1.38. The molecule has 2 N–H and O–H groups in total. The third kappa shape index (κ3) is 7.04. The largest absolute Gasteiger partial charge is 0.452 e. The number of carbonyl (C=O) groups is 3. The number of alkyl halides is 2. The highest BCUT2D eigenvalue weighted by Gasteiger charge is 2.19. The standard InChI is InChI=1S/C13H15F2N3O4S/c1-2-5-17-13(21)18-9(19)7-22-11(20)8-4-3-6-16-10(8)23-12(14)15/h3-4,6,12H,2,5,7H2,1H3,(H2,17,18,19,21). The Hall–Kier alpha value is -2.23. The third-order valence-electron chi connectivity index (χ3n) is 2.31. The van der Waals surface area contributed by atoms with Crippen molar-refractivity contribution in [1.82, 2.24) is 15.6 Å². The molecule has 10 heteroatoms. The Balaban J connectivity index is 2.54. The highest BCUT2D eigenvalue weighted by atomic mass is 32.2. The van der Waals surface area contributed by atoms with Crippen molar-refractivity contribution in [3.63, 3.8) is 0 Å². The molecule has 0 fully saturated rings. The molecule has 1 rings (SSSR count). The van der Waals surface area contributed by atoms with Gasteiger partial charge in [0.1, 0.15) is 5.03 Å². The zero-order valence-corrected chi connectivity index (χ0v) is 13.0. The molecule has 1 heterocycles. The van der Waals surface area contributed by atoms with Gasteiger partial charge in [0.2, 0.25) is 0 Å². The van der Waals surface area contributed by atoms with Crippen LogP contribution in [0, 0.1) is 0 Å². The summed E-state index contributed by atoms with van der Waals surface area (Å²) in [5.74, 6) is -4.56. The molecule has 0 aliphatic rings. The van der Waals surface area contributed by atoms with Crippen molar-refractivity contribution in [2.24, 2.45) is 0 Å². The smallest absolute Gasteiger partial charge is 0.341 e. The number of rotatable bonds is 7. The van der Waals surface area contributed by atoms with Gasteiger partial charge in [0.25, 0.3) is 11.7 Å². The van der Waals surface area contributed by atoms with Crippen LogP contribution in [0.3, 0.4) is 0 Å². The first-order chi connectivity index (χ1) is 10.9. The van der Waals surface area contributed by atoms with Crippen molar-refractivity contribution in [2.75, 3.05) is 13.2 Å². The van der Waals surface area contributed by atoms with Gasteiger partial charge in [0.15, 0.2) is 6.61 Å². The first kappa shape index (κ1) is 18.8. The molecule has 0 radical (unpaired) electrons. The molecule has 7 nitrogen and oxygen atoms in total. The van der Waals surface area contributed by atoms with Crippen LogP contribution >= 0.6 is 11.8 Å². The lowest BCUT2D eigenvalue weighted by Gasteiger charge is -2.08. The summed E-state index contributed by atoms with van der Waals surface area (Å²) < 4.78 is 29.5. The average Bonchev–Trinajstić information content (AvgIpc) is 2.50. The monoisotopic (exact) mass is 347 g/mol. The van der Waals surface area contributed by atoms with E-state index in [1.165, 1.54) is 18.3 Å². The summed E-state index contributed by atoms with van der Waals surface area (Å²) >= 11 is 0.0974. The van der Waals surface area contributed by atoms with Gasteiger partial charge < -0.3 is 10.1 Å². The zero-order valence-electron chi connectivity index (χ0n) is 12.2. The molecule has 1 aromatic rings. The minimum atomic E-state index is -2.75. The first-order valence-electron chi connectivity index (χ1n) is 6.58. The number of pyridine rings is 1. The van der Waals surface area contributed by atoms with Crippen LogP contribution in [-0.4, -0.2) is 41.8 Å². The first-order valence-corrected chi connectivity index (χ1v) is 7.46. The molecule has 1 aromatic heterocycles. The van der Waals surface area contributed by atoms with Crippen molar-refractivity contribution in [2.45, 2.75) is 24.1 Å². The summed E-state index contributed by atoms with van der Waals surface area (Å²) in [7, 11) is 0. The molecule has 3 amide bonds. The van der Waals surface area contributed by atoms with Crippen molar-refractivity contribution in [1.29, 1.82) is 0 Å². The summed E-state index contributed by atoms with van der Waals surface area (Å²) in [6, 6.07) is 1.93. The predicted octanol–water partition coefficient (Wildman–Crippen LogP) is 1.79. The van der Waals surface area contributed by atoms with E-state index in [0.717, 1.165) is 0 Å². The summed E-state index contributed by atoms with van der Waals surface area (Å²) in [5.41, 5.74) is -0.180.